The van der Waals surface area contributed by atoms with Crippen LogP contribution in [0, 0.1) is 6.92 Å². The molecule has 29 heavy (non-hydrogen) atoms. The fourth-order valence-electron chi connectivity index (χ4n) is 3.38. The number of methoxy groups -OCH3 is 1. The number of hydrogen-bond donors (Lipinski definition) is 1. The lowest BCUT2D eigenvalue weighted by atomic mass is 10.1. The Hall–Kier alpha value is -2.38. The van der Waals surface area contributed by atoms with Crippen LogP contribution in [0.15, 0.2) is 28.7 Å². The zero-order valence-electron chi connectivity index (χ0n) is 17.4. The van der Waals surface area contributed by atoms with Crippen LogP contribution in [-0.4, -0.2) is 62.3 Å². The molecule has 0 aliphatic carbocycles. The Kier molecular flexibility index (Phi) is 8.07. The number of rotatable bonds is 10. The summed E-state index contributed by atoms with van der Waals surface area (Å²) in [4.78, 5) is 19.0. The summed E-state index contributed by atoms with van der Waals surface area (Å²) in [5.41, 5.74) is 1.83. The lowest BCUT2D eigenvalue weighted by Crippen LogP contribution is -2.38. The van der Waals surface area contributed by atoms with Crippen molar-refractivity contribution in [2.75, 3.05) is 46.5 Å². The van der Waals surface area contributed by atoms with Gasteiger partial charge in [-0.2, -0.15) is 0 Å². The molecular weight excluding hydrogens is 370 g/mol. The van der Waals surface area contributed by atoms with Crippen LogP contribution in [0.1, 0.15) is 30.7 Å². The molecule has 0 spiro atoms. The molecule has 1 aromatic heterocycles. The summed E-state index contributed by atoms with van der Waals surface area (Å²) in [6, 6.07) is 7.63. The molecule has 1 saturated heterocycles. The van der Waals surface area contributed by atoms with E-state index in [1.54, 1.807) is 7.11 Å². The number of carbonyl (C=O) groups excluding carboxylic acids is 1. The Bertz CT molecular complexity index is 767. The van der Waals surface area contributed by atoms with Crippen molar-refractivity contribution < 1.29 is 18.7 Å². The normalized spacial score (nSPS) is 14.7. The van der Waals surface area contributed by atoms with Crippen molar-refractivity contribution in [3.8, 4) is 17.2 Å². The van der Waals surface area contributed by atoms with E-state index in [0.717, 1.165) is 81.4 Å². The zero-order chi connectivity index (χ0) is 20.5. The molecule has 0 saturated carbocycles. The second kappa shape index (κ2) is 11.0. The van der Waals surface area contributed by atoms with Gasteiger partial charge >= 0.3 is 0 Å². The van der Waals surface area contributed by atoms with Gasteiger partial charge in [0.15, 0.2) is 0 Å². The van der Waals surface area contributed by atoms with Crippen LogP contribution in [0.5, 0.6) is 5.75 Å². The standard InChI is InChI=1S/C22H31N3O4/c1-17-20(24-22(29-17)18-7-9-19(27-2)10-8-18)5-3-6-21(26)23-11-4-12-25-13-15-28-16-14-25/h7-10H,3-6,11-16H2,1-2H3,(H,23,26). The average Bonchev–Trinajstić information content (AvgIpc) is 3.12. The van der Waals surface area contributed by atoms with Gasteiger partial charge in [-0.1, -0.05) is 0 Å². The van der Waals surface area contributed by atoms with Crippen molar-refractivity contribution in [2.24, 2.45) is 0 Å². The Morgan fingerprint density at radius 2 is 1.97 bits per heavy atom. The van der Waals surface area contributed by atoms with Crippen molar-refractivity contribution in [3.05, 3.63) is 35.7 Å². The summed E-state index contributed by atoms with van der Waals surface area (Å²) in [7, 11) is 1.64. The van der Waals surface area contributed by atoms with Crippen LogP contribution >= 0.6 is 0 Å². The number of nitrogens with zero attached hydrogens (tertiary/aromatic N) is 2. The molecule has 158 valence electrons. The summed E-state index contributed by atoms with van der Waals surface area (Å²) in [5, 5.41) is 3.01. The number of ether oxygens (including phenoxy) is 2. The number of nitrogens with one attached hydrogen (secondary N) is 1. The second-order valence-electron chi connectivity index (χ2n) is 7.26. The first-order valence-corrected chi connectivity index (χ1v) is 10.3. The van der Waals surface area contributed by atoms with Crippen LogP contribution in [0.2, 0.25) is 0 Å². The monoisotopic (exact) mass is 401 g/mol. The fraction of sp³-hybridized carbons (Fsp3) is 0.545. The fourth-order valence-corrected chi connectivity index (χ4v) is 3.38. The van der Waals surface area contributed by atoms with Gasteiger partial charge in [-0.05, 0) is 57.0 Å². The highest BCUT2D eigenvalue weighted by Crippen LogP contribution is 2.24. The van der Waals surface area contributed by atoms with E-state index in [4.69, 9.17) is 13.9 Å². The van der Waals surface area contributed by atoms with E-state index in [1.807, 2.05) is 31.2 Å². The third-order valence-electron chi connectivity index (χ3n) is 5.12. The Morgan fingerprint density at radius 1 is 1.21 bits per heavy atom. The quantitative estimate of drug-likeness (QED) is 0.617. The molecule has 0 atom stereocenters. The first kappa shape index (κ1) is 21.3. The third kappa shape index (κ3) is 6.58. The van der Waals surface area contributed by atoms with Gasteiger partial charge in [0.05, 0.1) is 26.0 Å². The molecule has 0 bridgehead atoms. The van der Waals surface area contributed by atoms with E-state index >= 15 is 0 Å². The summed E-state index contributed by atoms with van der Waals surface area (Å²) in [6.45, 7) is 7.26. The van der Waals surface area contributed by atoms with Crippen LogP contribution < -0.4 is 10.1 Å². The van der Waals surface area contributed by atoms with Gasteiger partial charge in [0.25, 0.3) is 0 Å². The molecule has 2 aromatic rings. The number of carbonyl (C=O) groups is 1. The van der Waals surface area contributed by atoms with Gasteiger partial charge in [-0.15, -0.1) is 0 Å². The lowest BCUT2D eigenvalue weighted by molar-refractivity contribution is -0.121. The van der Waals surface area contributed by atoms with Gasteiger partial charge < -0.3 is 19.2 Å². The molecule has 3 rings (SSSR count). The molecule has 0 radical (unpaired) electrons. The van der Waals surface area contributed by atoms with Gasteiger partial charge in [-0.3, -0.25) is 9.69 Å². The largest absolute Gasteiger partial charge is 0.497 e. The number of aromatic nitrogens is 1. The molecule has 7 nitrogen and oxygen atoms in total. The van der Waals surface area contributed by atoms with Crippen molar-refractivity contribution in [1.29, 1.82) is 0 Å². The van der Waals surface area contributed by atoms with E-state index in [9.17, 15) is 4.79 Å². The molecular formula is C22H31N3O4. The molecule has 1 aliphatic heterocycles. The molecule has 1 N–H and O–H groups in total. The Morgan fingerprint density at radius 3 is 2.69 bits per heavy atom. The number of benzene rings is 1. The second-order valence-corrected chi connectivity index (χ2v) is 7.26. The molecule has 1 aromatic carbocycles. The number of amides is 1. The lowest BCUT2D eigenvalue weighted by Gasteiger charge is -2.26. The summed E-state index contributed by atoms with van der Waals surface area (Å²) in [5.74, 6) is 2.31. The number of oxazole rings is 1. The number of hydrogen-bond acceptors (Lipinski definition) is 6. The van der Waals surface area contributed by atoms with Gasteiger partial charge in [0.2, 0.25) is 11.8 Å². The van der Waals surface area contributed by atoms with E-state index in [1.165, 1.54) is 0 Å². The van der Waals surface area contributed by atoms with Crippen molar-refractivity contribution in [3.63, 3.8) is 0 Å². The molecule has 2 heterocycles. The predicted octanol–water partition coefficient (Wildman–Crippen LogP) is 2.82. The summed E-state index contributed by atoms with van der Waals surface area (Å²) in [6.07, 6.45) is 2.96. The van der Waals surface area contributed by atoms with Crippen LogP contribution in [0.3, 0.4) is 0 Å². The summed E-state index contributed by atoms with van der Waals surface area (Å²) >= 11 is 0. The minimum absolute atomic E-state index is 0.100. The predicted molar refractivity (Wildman–Crippen MR) is 111 cm³/mol. The maximum absolute atomic E-state index is 12.1. The van der Waals surface area contributed by atoms with E-state index in [2.05, 4.69) is 15.2 Å². The zero-order valence-corrected chi connectivity index (χ0v) is 17.4. The Labute approximate surface area is 172 Å². The van der Waals surface area contributed by atoms with Crippen molar-refractivity contribution >= 4 is 5.91 Å². The molecule has 0 unspecified atom stereocenters. The SMILES string of the molecule is COc1ccc(-c2nc(CCCC(=O)NCCCN3CCOCC3)c(C)o2)cc1. The van der Waals surface area contributed by atoms with Crippen molar-refractivity contribution in [1.82, 2.24) is 15.2 Å². The van der Waals surface area contributed by atoms with E-state index < -0.39 is 0 Å². The van der Waals surface area contributed by atoms with Crippen LogP contribution in [0.25, 0.3) is 11.5 Å². The van der Waals surface area contributed by atoms with Crippen molar-refractivity contribution in [2.45, 2.75) is 32.6 Å². The van der Waals surface area contributed by atoms with Gasteiger partial charge in [0, 0.05) is 31.6 Å². The topological polar surface area (TPSA) is 76.8 Å². The molecule has 1 aliphatic rings. The average molecular weight is 402 g/mol. The smallest absolute Gasteiger partial charge is 0.226 e. The Balaban J connectivity index is 1.36. The summed E-state index contributed by atoms with van der Waals surface area (Å²) < 4.78 is 16.3. The van der Waals surface area contributed by atoms with Crippen LogP contribution in [-0.2, 0) is 16.0 Å². The number of morpholine rings is 1. The maximum Gasteiger partial charge on any atom is 0.226 e. The highest BCUT2D eigenvalue weighted by atomic mass is 16.5. The highest BCUT2D eigenvalue weighted by molar-refractivity contribution is 5.75. The molecule has 7 heteroatoms. The number of aryl methyl sites for hydroxylation is 2. The minimum Gasteiger partial charge on any atom is -0.497 e. The van der Waals surface area contributed by atoms with Gasteiger partial charge in [-0.25, -0.2) is 4.98 Å². The first-order chi connectivity index (χ1) is 14.2. The van der Waals surface area contributed by atoms with E-state index in [0.29, 0.717) is 12.3 Å². The maximum atomic E-state index is 12.1. The first-order valence-electron chi connectivity index (χ1n) is 10.3. The molecule has 1 fully saturated rings. The van der Waals surface area contributed by atoms with E-state index in [-0.39, 0.29) is 5.91 Å². The minimum atomic E-state index is 0.100. The third-order valence-corrected chi connectivity index (χ3v) is 5.12. The van der Waals surface area contributed by atoms with Gasteiger partial charge in [0.1, 0.15) is 11.5 Å². The highest BCUT2D eigenvalue weighted by Gasteiger charge is 2.13. The van der Waals surface area contributed by atoms with Crippen LogP contribution in [0.4, 0.5) is 0 Å². The molecule has 1 amide bonds.